The minimum absolute atomic E-state index is 0.0129. The van der Waals surface area contributed by atoms with Gasteiger partial charge in [0.2, 0.25) is 17.7 Å². The number of likely N-dealkylation sites (tertiary alicyclic amines) is 2. The van der Waals surface area contributed by atoms with Crippen LogP contribution in [0.25, 0.3) is 10.4 Å². The summed E-state index contributed by atoms with van der Waals surface area (Å²) in [5.74, 6) is -0.762. The summed E-state index contributed by atoms with van der Waals surface area (Å²) >= 11 is 9.86. The molecule has 6 N–H and O–H groups in total. The number of benzene rings is 1. The highest BCUT2D eigenvalue weighted by molar-refractivity contribution is 7.99. The molecule has 0 bridgehead atoms. The van der Waals surface area contributed by atoms with Crippen molar-refractivity contribution in [1.82, 2.24) is 40.4 Å². The second-order valence-corrected chi connectivity index (χ2v) is 22.7. The SMILES string of the molecule is Cc1ncsc1-c1ccc([C@H](CC(=O)N2CCC(Nc3nccc(Sc4cnc(N5CCC(C)(CN)CC5)cn4)c3Cl)CC2)NC(=O)[C@@H]2C[C@@H](O)CN2C(=O)[C@@H](NC(=O)C2(F)CC2)C(C)(C)C)cc1. The summed E-state index contributed by atoms with van der Waals surface area (Å²) in [7, 11) is 0. The number of alkyl halides is 1. The molecule has 0 radical (unpaired) electrons. The number of carbonyl (C=O) groups excluding carboxylic acids is 4. The van der Waals surface area contributed by atoms with E-state index in [-0.39, 0.29) is 49.6 Å². The molecule has 3 saturated heterocycles. The quantitative estimate of drug-likeness (QED) is 0.0884. The fraction of sp³-hybridized carbons (Fsp3) is 0.551. The molecule has 4 fully saturated rings. The monoisotopic (exact) mass is 1000 g/mol. The maximum atomic E-state index is 14.8. The van der Waals surface area contributed by atoms with E-state index < -0.39 is 53.0 Å². The van der Waals surface area contributed by atoms with Crippen molar-refractivity contribution in [2.45, 2.75) is 132 Å². The minimum atomic E-state index is -2.01. The van der Waals surface area contributed by atoms with Gasteiger partial charge in [-0.3, -0.25) is 19.2 Å². The Morgan fingerprint density at radius 2 is 1.70 bits per heavy atom. The summed E-state index contributed by atoms with van der Waals surface area (Å²) in [6.07, 6.45) is 7.60. The summed E-state index contributed by atoms with van der Waals surface area (Å²) in [6.45, 7) is 12.6. The number of anilines is 2. The van der Waals surface area contributed by atoms with E-state index in [1.54, 1.807) is 49.8 Å². The lowest BCUT2D eigenvalue weighted by Crippen LogP contribution is -2.59. The van der Waals surface area contributed by atoms with E-state index in [4.69, 9.17) is 22.3 Å². The first kappa shape index (κ1) is 50.4. The van der Waals surface area contributed by atoms with E-state index in [0.717, 1.165) is 52.8 Å². The van der Waals surface area contributed by atoms with E-state index in [0.29, 0.717) is 53.9 Å². The average Bonchev–Trinajstić information content (AvgIpc) is 3.74. The lowest BCUT2D eigenvalue weighted by Gasteiger charge is -2.39. The predicted molar refractivity (Wildman–Crippen MR) is 266 cm³/mol. The first-order valence-electron chi connectivity index (χ1n) is 23.8. The highest BCUT2D eigenvalue weighted by Gasteiger charge is 2.53. The van der Waals surface area contributed by atoms with Crippen LogP contribution in [0.2, 0.25) is 5.02 Å². The summed E-state index contributed by atoms with van der Waals surface area (Å²) in [4.78, 5) is 81.0. The largest absolute Gasteiger partial charge is 0.391 e. The van der Waals surface area contributed by atoms with Crippen molar-refractivity contribution in [3.8, 4) is 10.4 Å². The van der Waals surface area contributed by atoms with Gasteiger partial charge in [0.05, 0.1) is 52.1 Å². The van der Waals surface area contributed by atoms with Gasteiger partial charge in [-0.15, -0.1) is 11.3 Å². The van der Waals surface area contributed by atoms with Gasteiger partial charge in [-0.2, -0.15) is 0 Å². The molecule has 8 rings (SSSR count). The number of hydrogen-bond donors (Lipinski definition) is 5. The molecular formula is C49H63ClFN11O5S2. The summed E-state index contributed by atoms with van der Waals surface area (Å²) in [6, 6.07) is 6.43. The van der Waals surface area contributed by atoms with Gasteiger partial charge in [0, 0.05) is 56.3 Å². The molecule has 1 aromatic carbocycles. The van der Waals surface area contributed by atoms with Crippen molar-refractivity contribution in [1.29, 1.82) is 0 Å². The summed E-state index contributed by atoms with van der Waals surface area (Å²) in [5.41, 5.74) is 7.63. The molecule has 3 aliphatic heterocycles. The molecule has 4 atom stereocenters. The predicted octanol–water partition coefficient (Wildman–Crippen LogP) is 6.32. The molecule has 69 heavy (non-hydrogen) atoms. The van der Waals surface area contributed by atoms with Gasteiger partial charge in [-0.1, -0.05) is 75.3 Å². The number of nitrogens with one attached hydrogen (secondary N) is 3. The zero-order valence-corrected chi connectivity index (χ0v) is 42.2. The van der Waals surface area contributed by atoms with E-state index in [2.05, 4.69) is 42.7 Å². The smallest absolute Gasteiger partial charge is 0.258 e. The number of aryl methyl sites for hydroxylation is 1. The molecule has 4 amide bonds. The van der Waals surface area contributed by atoms with Crippen LogP contribution in [-0.4, -0.2) is 128 Å². The van der Waals surface area contributed by atoms with Crippen LogP contribution in [0, 0.1) is 17.8 Å². The Hall–Kier alpha value is -4.95. The molecule has 20 heteroatoms. The van der Waals surface area contributed by atoms with Gasteiger partial charge in [0.1, 0.15) is 28.7 Å². The van der Waals surface area contributed by atoms with Crippen molar-refractivity contribution in [2.24, 2.45) is 16.6 Å². The van der Waals surface area contributed by atoms with Gasteiger partial charge in [0.15, 0.2) is 5.67 Å². The van der Waals surface area contributed by atoms with E-state index in [1.807, 2.05) is 37.3 Å². The van der Waals surface area contributed by atoms with Crippen molar-refractivity contribution in [3.05, 3.63) is 70.7 Å². The molecule has 1 saturated carbocycles. The first-order valence-corrected chi connectivity index (χ1v) is 25.8. The maximum absolute atomic E-state index is 14.8. The molecule has 370 valence electrons. The zero-order valence-electron chi connectivity index (χ0n) is 39.8. The number of nitrogens with two attached hydrogens (primary N) is 1. The van der Waals surface area contributed by atoms with Gasteiger partial charge in [0.25, 0.3) is 5.91 Å². The van der Waals surface area contributed by atoms with Crippen LogP contribution >= 0.6 is 34.7 Å². The molecule has 1 aliphatic carbocycles. The van der Waals surface area contributed by atoms with Crippen molar-refractivity contribution in [2.75, 3.05) is 49.5 Å². The number of amides is 4. The third-order valence-corrected chi connectivity index (χ3v) is 16.5. The minimum Gasteiger partial charge on any atom is -0.391 e. The third kappa shape index (κ3) is 11.8. The first-order chi connectivity index (χ1) is 32.8. The Labute approximate surface area is 416 Å². The van der Waals surface area contributed by atoms with Gasteiger partial charge >= 0.3 is 0 Å². The average molecular weight is 1000 g/mol. The molecule has 6 heterocycles. The molecule has 0 unspecified atom stereocenters. The fourth-order valence-corrected chi connectivity index (χ4v) is 11.0. The van der Waals surface area contributed by atoms with Crippen LogP contribution in [0.15, 0.2) is 64.4 Å². The fourth-order valence-electron chi connectivity index (χ4n) is 9.18. The number of pyridine rings is 1. The number of β-amino-alcohol motifs (C(OH)–C–C–N with tert-alkyl or cyclic N) is 1. The number of nitrogens with zero attached hydrogens (tertiary/aromatic N) is 7. The lowest BCUT2D eigenvalue weighted by atomic mass is 9.80. The Morgan fingerprint density at radius 3 is 2.30 bits per heavy atom. The van der Waals surface area contributed by atoms with Crippen molar-refractivity contribution >= 4 is 70.0 Å². The number of hydrogen-bond acceptors (Lipinski definition) is 14. The second-order valence-electron chi connectivity index (χ2n) is 20.4. The standard InChI is InChI=1S/C49H63ClFN11O5S2/c1-29-41(68-28-56-29)31-8-6-30(7-9-31)34(58-44(65)35-22-33(63)26-62(35)45(66)42(47(2,3)4)59-46(67)49(51)13-14-49)23-39(64)61-18-11-32(12-19-61)57-43-40(50)36(10-17-53-43)69-38-25-54-37(24-55-38)60-20-15-48(5,27-52)16-21-60/h6-10,17,24-25,28,32-35,42,63H,11-16,18-23,26-27,52H2,1-5H3,(H,53,57)(H,58,65)(H,59,67)/t33-,34+,35+,42-/m1/s1. The maximum Gasteiger partial charge on any atom is 0.258 e. The topological polar surface area (TPSA) is 212 Å². The number of carbonyl (C=O) groups is 4. The van der Waals surface area contributed by atoms with E-state index in [9.17, 15) is 28.7 Å². The van der Waals surface area contributed by atoms with Crippen LogP contribution in [0.5, 0.6) is 0 Å². The number of aliphatic hydroxyl groups excluding tert-OH is 1. The van der Waals surface area contributed by atoms with Gasteiger partial charge < -0.3 is 41.5 Å². The van der Waals surface area contributed by atoms with Crippen molar-refractivity contribution < 1.29 is 28.7 Å². The number of rotatable bonds is 15. The zero-order chi connectivity index (χ0) is 49.3. The Bertz CT molecular complexity index is 2490. The Kier molecular flexibility index (Phi) is 15.2. The third-order valence-electron chi connectivity index (χ3n) is 14.0. The van der Waals surface area contributed by atoms with Gasteiger partial charge in [-0.05, 0) is 80.0 Å². The highest BCUT2D eigenvalue weighted by Crippen LogP contribution is 2.41. The number of piperidine rings is 2. The highest BCUT2D eigenvalue weighted by atomic mass is 35.5. The van der Waals surface area contributed by atoms with Crippen LogP contribution in [-0.2, 0) is 19.2 Å². The Balaban J connectivity index is 0.910. The van der Waals surface area contributed by atoms with Crippen LogP contribution in [0.1, 0.15) is 96.4 Å². The van der Waals surface area contributed by atoms with Crippen LogP contribution < -0.4 is 26.6 Å². The number of aromatic nitrogens is 4. The van der Waals surface area contributed by atoms with Gasteiger partial charge in [-0.25, -0.2) is 24.3 Å². The number of halogens is 2. The Morgan fingerprint density at radius 1 is 0.986 bits per heavy atom. The van der Waals surface area contributed by atoms with Crippen molar-refractivity contribution in [3.63, 3.8) is 0 Å². The van der Waals surface area contributed by atoms with Crippen LogP contribution in [0.4, 0.5) is 16.0 Å². The molecule has 16 nitrogen and oxygen atoms in total. The van der Waals surface area contributed by atoms with E-state index in [1.165, 1.54) is 28.0 Å². The van der Waals surface area contributed by atoms with E-state index >= 15 is 0 Å². The normalized spacial score (nSPS) is 21.1. The molecule has 3 aromatic heterocycles. The molecule has 4 aliphatic rings. The lowest BCUT2D eigenvalue weighted by molar-refractivity contribution is -0.145. The number of thiazole rings is 1. The summed E-state index contributed by atoms with van der Waals surface area (Å²) < 4.78 is 14.8. The van der Waals surface area contributed by atoms with Crippen LogP contribution in [0.3, 0.4) is 0 Å². The second kappa shape index (κ2) is 20.8. The molecule has 0 spiro atoms. The molecule has 4 aromatic rings. The summed E-state index contributed by atoms with van der Waals surface area (Å²) in [5, 5.41) is 21.2. The number of aliphatic hydroxyl groups is 1. The molecular weight excluding hydrogens is 941 g/mol.